The van der Waals surface area contributed by atoms with Crippen LogP contribution in [0.4, 0.5) is 8.78 Å². The van der Waals surface area contributed by atoms with E-state index in [1.54, 1.807) is 0 Å². The van der Waals surface area contributed by atoms with Crippen LogP contribution in [0.5, 0.6) is 11.5 Å². The molecule has 0 heterocycles. The van der Waals surface area contributed by atoms with E-state index in [0.717, 1.165) is 30.6 Å². The number of halogens is 2. The number of hydrogen-bond donors (Lipinski definition) is 0. The van der Waals surface area contributed by atoms with Gasteiger partial charge in [0.1, 0.15) is 0 Å². The zero-order chi connectivity index (χ0) is 20.6. The first-order chi connectivity index (χ1) is 14.1. The van der Waals surface area contributed by atoms with E-state index in [1.807, 2.05) is 0 Å². The molecule has 0 aliphatic heterocycles. The van der Waals surface area contributed by atoms with Gasteiger partial charge in [-0.25, -0.2) is 0 Å². The molecule has 3 rings (SSSR count). The predicted molar refractivity (Wildman–Crippen MR) is 113 cm³/mol. The molecule has 0 saturated heterocycles. The summed E-state index contributed by atoms with van der Waals surface area (Å²) in [5.41, 5.74) is 0. The van der Waals surface area contributed by atoms with Gasteiger partial charge in [0.2, 0.25) is 11.6 Å². The summed E-state index contributed by atoms with van der Waals surface area (Å²) in [5.74, 6) is 1.17. The first kappa shape index (κ1) is 22.4. The number of benzene rings is 1. The van der Waals surface area contributed by atoms with Gasteiger partial charge in [-0.3, -0.25) is 0 Å². The average Bonchev–Trinajstić information content (AvgIpc) is 2.76. The van der Waals surface area contributed by atoms with E-state index in [2.05, 4.69) is 6.92 Å². The third-order valence-corrected chi connectivity index (χ3v) is 7.37. The molecule has 2 saturated carbocycles. The van der Waals surface area contributed by atoms with Crippen molar-refractivity contribution in [1.82, 2.24) is 0 Å². The number of rotatable bonds is 9. The Hall–Kier alpha value is -1.32. The zero-order valence-electron chi connectivity index (χ0n) is 18.2. The number of methoxy groups -OCH3 is 1. The van der Waals surface area contributed by atoms with E-state index < -0.39 is 11.6 Å². The molecule has 0 atom stereocenters. The van der Waals surface area contributed by atoms with Crippen molar-refractivity contribution in [3.05, 3.63) is 23.8 Å². The zero-order valence-corrected chi connectivity index (χ0v) is 18.2. The first-order valence-electron chi connectivity index (χ1n) is 11.8. The van der Waals surface area contributed by atoms with Crippen LogP contribution >= 0.6 is 0 Å². The maximum atomic E-state index is 14.1. The molecule has 0 N–H and O–H groups in total. The van der Waals surface area contributed by atoms with Crippen LogP contribution in [0.25, 0.3) is 0 Å². The summed E-state index contributed by atoms with van der Waals surface area (Å²) >= 11 is 0. The molecule has 2 aliphatic carbocycles. The molecular formula is C25H38F2O2. The van der Waals surface area contributed by atoms with Gasteiger partial charge >= 0.3 is 0 Å². The molecule has 4 heteroatoms. The van der Waals surface area contributed by atoms with Crippen molar-refractivity contribution < 1.29 is 18.3 Å². The van der Waals surface area contributed by atoms with Gasteiger partial charge in [0, 0.05) is 0 Å². The van der Waals surface area contributed by atoms with Crippen molar-refractivity contribution in [3.8, 4) is 11.5 Å². The van der Waals surface area contributed by atoms with Crippen molar-refractivity contribution in [1.29, 1.82) is 0 Å². The molecule has 0 amide bonds. The van der Waals surface area contributed by atoms with Crippen molar-refractivity contribution in [2.75, 3.05) is 13.7 Å². The lowest BCUT2D eigenvalue weighted by Gasteiger charge is -2.38. The molecule has 0 bridgehead atoms. The summed E-state index contributed by atoms with van der Waals surface area (Å²) in [6.07, 6.45) is 16.1. The van der Waals surface area contributed by atoms with Crippen LogP contribution in [-0.4, -0.2) is 13.7 Å². The Bertz CT molecular complexity index is 617. The second-order valence-corrected chi connectivity index (χ2v) is 9.26. The fourth-order valence-electron chi connectivity index (χ4n) is 5.45. The fourth-order valence-corrected chi connectivity index (χ4v) is 5.45. The highest BCUT2D eigenvalue weighted by atomic mass is 19.2. The van der Waals surface area contributed by atoms with Crippen LogP contribution in [0.3, 0.4) is 0 Å². The molecular weight excluding hydrogens is 370 g/mol. The summed E-state index contributed by atoms with van der Waals surface area (Å²) in [7, 11) is 1.33. The van der Waals surface area contributed by atoms with Crippen molar-refractivity contribution in [2.45, 2.75) is 84.0 Å². The maximum absolute atomic E-state index is 14.1. The molecule has 164 valence electrons. The van der Waals surface area contributed by atoms with Crippen LogP contribution in [-0.2, 0) is 0 Å². The third kappa shape index (κ3) is 6.08. The Kier molecular flexibility index (Phi) is 8.62. The van der Waals surface area contributed by atoms with E-state index in [9.17, 15) is 8.78 Å². The van der Waals surface area contributed by atoms with Gasteiger partial charge in [-0.05, 0) is 74.3 Å². The van der Waals surface area contributed by atoms with Gasteiger partial charge in [0.25, 0.3) is 0 Å². The third-order valence-electron chi connectivity index (χ3n) is 7.37. The Morgan fingerprint density at radius 2 is 1.34 bits per heavy atom. The normalized spacial score (nSPS) is 27.6. The van der Waals surface area contributed by atoms with Gasteiger partial charge in [0.05, 0.1) is 13.7 Å². The second-order valence-electron chi connectivity index (χ2n) is 9.26. The van der Waals surface area contributed by atoms with Crippen molar-refractivity contribution in [3.63, 3.8) is 0 Å². The van der Waals surface area contributed by atoms with Crippen molar-refractivity contribution >= 4 is 0 Å². The molecule has 0 radical (unpaired) electrons. The number of ether oxygens (including phenoxy) is 2. The first-order valence-corrected chi connectivity index (χ1v) is 11.8. The van der Waals surface area contributed by atoms with Crippen LogP contribution in [0, 0.1) is 35.3 Å². The minimum Gasteiger partial charge on any atom is -0.494 e. The predicted octanol–water partition coefficient (Wildman–Crippen LogP) is 7.55. The molecule has 2 nitrogen and oxygen atoms in total. The minimum atomic E-state index is -0.973. The Labute approximate surface area is 175 Å². The summed E-state index contributed by atoms with van der Waals surface area (Å²) in [6, 6.07) is 2.88. The molecule has 0 aromatic heterocycles. The topological polar surface area (TPSA) is 18.5 Å². The summed E-state index contributed by atoms with van der Waals surface area (Å²) in [5, 5.41) is 0. The lowest BCUT2D eigenvalue weighted by molar-refractivity contribution is 0.120. The Morgan fingerprint density at radius 1 is 0.793 bits per heavy atom. The summed E-state index contributed by atoms with van der Waals surface area (Å²) in [4.78, 5) is 0. The van der Waals surface area contributed by atoms with Gasteiger partial charge < -0.3 is 9.47 Å². The number of hydrogen-bond acceptors (Lipinski definition) is 2. The lowest BCUT2D eigenvalue weighted by atomic mass is 9.69. The van der Waals surface area contributed by atoms with Crippen LogP contribution in [0.1, 0.15) is 84.0 Å². The Balaban J connectivity index is 1.37. The SMILES string of the molecule is CCCCC[C@H]1CC[C@H](C2CCC(COc3ccc(OC)c(F)c3F)CC2)CC1. The highest BCUT2D eigenvalue weighted by Crippen LogP contribution is 2.42. The van der Waals surface area contributed by atoms with Gasteiger partial charge in [-0.2, -0.15) is 8.78 Å². The molecule has 0 spiro atoms. The highest BCUT2D eigenvalue weighted by molar-refractivity contribution is 5.34. The van der Waals surface area contributed by atoms with Crippen molar-refractivity contribution in [2.24, 2.45) is 23.7 Å². The van der Waals surface area contributed by atoms with Gasteiger partial charge in [-0.1, -0.05) is 45.4 Å². The summed E-state index contributed by atoms with van der Waals surface area (Å²) < 4.78 is 38.3. The van der Waals surface area contributed by atoms with E-state index in [1.165, 1.54) is 83.5 Å². The fraction of sp³-hybridized carbons (Fsp3) is 0.760. The van der Waals surface area contributed by atoms with Crippen LogP contribution < -0.4 is 9.47 Å². The molecule has 1 aromatic carbocycles. The van der Waals surface area contributed by atoms with E-state index in [0.29, 0.717) is 12.5 Å². The molecule has 1 aromatic rings. The maximum Gasteiger partial charge on any atom is 0.204 e. The quantitative estimate of drug-likeness (QED) is 0.393. The van der Waals surface area contributed by atoms with Gasteiger partial charge in [0.15, 0.2) is 11.5 Å². The highest BCUT2D eigenvalue weighted by Gasteiger charge is 2.31. The van der Waals surface area contributed by atoms with Crippen LogP contribution in [0.15, 0.2) is 12.1 Å². The lowest BCUT2D eigenvalue weighted by Crippen LogP contribution is -2.27. The van der Waals surface area contributed by atoms with E-state index >= 15 is 0 Å². The average molecular weight is 409 g/mol. The van der Waals surface area contributed by atoms with E-state index in [-0.39, 0.29) is 11.5 Å². The minimum absolute atomic E-state index is 0.00758. The largest absolute Gasteiger partial charge is 0.494 e. The molecule has 29 heavy (non-hydrogen) atoms. The molecule has 0 unspecified atom stereocenters. The smallest absolute Gasteiger partial charge is 0.204 e. The molecule has 2 aliphatic rings. The van der Waals surface area contributed by atoms with E-state index in [4.69, 9.17) is 9.47 Å². The summed E-state index contributed by atoms with van der Waals surface area (Å²) in [6.45, 7) is 2.75. The monoisotopic (exact) mass is 408 g/mol. The second kappa shape index (κ2) is 11.2. The van der Waals surface area contributed by atoms with Gasteiger partial charge in [-0.15, -0.1) is 0 Å². The Morgan fingerprint density at radius 3 is 1.93 bits per heavy atom. The number of unbranched alkanes of at least 4 members (excludes halogenated alkanes) is 2. The molecule has 2 fully saturated rings. The standard InChI is InChI=1S/C25H38F2O2/c1-3-4-5-6-18-7-11-20(12-8-18)21-13-9-19(10-14-21)17-29-23-16-15-22(28-2)24(26)25(23)27/h15-16,18-21H,3-14,17H2,1-2H3/t18-,19?,20-,21?. The van der Waals surface area contributed by atoms with Crippen LogP contribution in [0.2, 0.25) is 0 Å².